The molecular formula is C11H14N4O. The average molecular weight is 218 g/mol. The Labute approximate surface area is 94.3 Å². The Balaban J connectivity index is 2.94. The summed E-state index contributed by atoms with van der Waals surface area (Å²) < 4.78 is 0. The number of rotatable bonds is 4. The van der Waals surface area contributed by atoms with Crippen molar-refractivity contribution in [1.29, 1.82) is 5.26 Å². The zero-order chi connectivity index (χ0) is 12.1. The highest BCUT2D eigenvalue weighted by Gasteiger charge is 2.20. The lowest BCUT2D eigenvalue weighted by Crippen LogP contribution is -2.39. The number of carbonyl (C=O) groups excluding carboxylic acids is 1. The predicted octanol–water partition coefficient (Wildman–Crippen LogP) is 0.875. The van der Waals surface area contributed by atoms with Gasteiger partial charge in [-0.1, -0.05) is 13.8 Å². The molecule has 0 aliphatic carbocycles. The van der Waals surface area contributed by atoms with Crippen LogP contribution in [-0.4, -0.2) is 16.9 Å². The summed E-state index contributed by atoms with van der Waals surface area (Å²) in [6.45, 7) is 3.74. The van der Waals surface area contributed by atoms with E-state index in [2.05, 4.69) is 10.3 Å². The fraction of sp³-hybridized carbons (Fsp3) is 0.364. The van der Waals surface area contributed by atoms with E-state index in [9.17, 15) is 4.79 Å². The van der Waals surface area contributed by atoms with Gasteiger partial charge in [0.2, 0.25) is 5.91 Å². The number of hydrogen-bond acceptors (Lipinski definition) is 4. The van der Waals surface area contributed by atoms with Crippen molar-refractivity contribution in [2.24, 2.45) is 11.7 Å². The quantitative estimate of drug-likeness (QED) is 0.784. The molecule has 1 atom stereocenters. The number of anilines is 1. The molecule has 16 heavy (non-hydrogen) atoms. The molecule has 0 fully saturated rings. The van der Waals surface area contributed by atoms with Crippen molar-refractivity contribution in [1.82, 2.24) is 4.98 Å². The summed E-state index contributed by atoms with van der Waals surface area (Å²) in [6.07, 6.45) is 1.56. The molecule has 0 spiro atoms. The third-order valence-electron chi connectivity index (χ3n) is 2.19. The summed E-state index contributed by atoms with van der Waals surface area (Å²) in [5.74, 6) is -0.0295. The number of pyridine rings is 1. The third-order valence-corrected chi connectivity index (χ3v) is 2.19. The molecule has 5 heteroatoms. The Morgan fingerprint density at radius 1 is 1.62 bits per heavy atom. The monoisotopic (exact) mass is 218 g/mol. The standard InChI is InChI=1S/C11H14N4O/c1-7(2)9(10(13)16)15-11-8(6-12)4-3-5-14-11/h3-5,7,9H,1-2H3,(H2,13,16)(H,14,15)/t9-/m1/s1. The van der Waals surface area contributed by atoms with Crippen molar-refractivity contribution in [2.75, 3.05) is 5.32 Å². The van der Waals surface area contributed by atoms with Crippen LogP contribution in [0.5, 0.6) is 0 Å². The van der Waals surface area contributed by atoms with Crippen LogP contribution in [-0.2, 0) is 4.79 Å². The molecule has 1 rings (SSSR count). The summed E-state index contributed by atoms with van der Waals surface area (Å²) in [4.78, 5) is 15.2. The topological polar surface area (TPSA) is 91.8 Å². The summed E-state index contributed by atoms with van der Waals surface area (Å²) in [5, 5.41) is 11.8. The maximum absolute atomic E-state index is 11.2. The van der Waals surface area contributed by atoms with Crippen LogP contribution in [0.2, 0.25) is 0 Å². The fourth-order valence-corrected chi connectivity index (χ4v) is 1.32. The second-order valence-corrected chi connectivity index (χ2v) is 3.78. The summed E-state index contributed by atoms with van der Waals surface area (Å²) in [6, 6.07) is 4.77. The van der Waals surface area contributed by atoms with Crippen LogP contribution < -0.4 is 11.1 Å². The number of primary amides is 1. The highest BCUT2D eigenvalue weighted by atomic mass is 16.1. The maximum Gasteiger partial charge on any atom is 0.240 e. The molecule has 0 aromatic carbocycles. The Morgan fingerprint density at radius 2 is 2.31 bits per heavy atom. The van der Waals surface area contributed by atoms with Gasteiger partial charge in [0, 0.05) is 6.20 Å². The van der Waals surface area contributed by atoms with Crippen LogP contribution in [0.4, 0.5) is 5.82 Å². The van der Waals surface area contributed by atoms with E-state index < -0.39 is 11.9 Å². The molecule has 1 heterocycles. The van der Waals surface area contributed by atoms with E-state index in [4.69, 9.17) is 11.0 Å². The van der Waals surface area contributed by atoms with E-state index in [0.717, 1.165) is 0 Å². The first kappa shape index (κ1) is 12.0. The van der Waals surface area contributed by atoms with E-state index in [1.54, 1.807) is 18.3 Å². The number of carbonyl (C=O) groups is 1. The molecule has 0 aliphatic rings. The van der Waals surface area contributed by atoms with Gasteiger partial charge in [0.25, 0.3) is 0 Å². The molecular weight excluding hydrogens is 204 g/mol. The van der Waals surface area contributed by atoms with E-state index in [-0.39, 0.29) is 5.92 Å². The van der Waals surface area contributed by atoms with Gasteiger partial charge < -0.3 is 11.1 Å². The number of hydrogen-bond donors (Lipinski definition) is 2. The van der Waals surface area contributed by atoms with Gasteiger partial charge in [-0.15, -0.1) is 0 Å². The van der Waals surface area contributed by atoms with E-state index >= 15 is 0 Å². The van der Waals surface area contributed by atoms with E-state index in [1.165, 1.54) is 0 Å². The van der Waals surface area contributed by atoms with Gasteiger partial charge >= 0.3 is 0 Å². The van der Waals surface area contributed by atoms with Gasteiger partial charge in [-0.3, -0.25) is 4.79 Å². The van der Waals surface area contributed by atoms with Gasteiger partial charge in [-0.25, -0.2) is 4.98 Å². The first-order valence-corrected chi connectivity index (χ1v) is 4.97. The smallest absolute Gasteiger partial charge is 0.240 e. The molecule has 0 bridgehead atoms. The van der Waals surface area contributed by atoms with Crippen molar-refractivity contribution < 1.29 is 4.79 Å². The van der Waals surface area contributed by atoms with Crippen molar-refractivity contribution in [3.63, 3.8) is 0 Å². The minimum atomic E-state index is -0.526. The third kappa shape index (κ3) is 2.70. The van der Waals surface area contributed by atoms with Gasteiger partial charge in [0.05, 0.1) is 5.56 Å². The van der Waals surface area contributed by atoms with Gasteiger partial charge in [-0.05, 0) is 18.1 Å². The lowest BCUT2D eigenvalue weighted by Gasteiger charge is -2.19. The molecule has 0 radical (unpaired) electrons. The van der Waals surface area contributed by atoms with Crippen LogP contribution in [0.1, 0.15) is 19.4 Å². The van der Waals surface area contributed by atoms with Crippen LogP contribution in [0, 0.1) is 17.2 Å². The highest BCUT2D eigenvalue weighted by Crippen LogP contribution is 2.14. The molecule has 0 aliphatic heterocycles. The average Bonchev–Trinajstić information content (AvgIpc) is 2.25. The Kier molecular flexibility index (Phi) is 3.84. The molecule has 1 aromatic rings. The second kappa shape index (κ2) is 5.12. The van der Waals surface area contributed by atoms with Crippen molar-refractivity contribution >= 4 is 11.7 Å². The van der Waals surface area contributed by atoms with Crippen molar-refractivity contribution in [3.8, 4) is 6.07 Å². The first-order valence-electron chi connectivity index (χ1n) is 4.97. The predicted molar refractivity (Wildman–Crippen MR) is 60.4 cm³/mol. The SMILES string of the molecule is CC(C)[C@@H](Nc1ncccc1C#N)C(N)=O. The number of amides is 1. The molecule has 0 saturated carbocycles. The zero-order valence-electron chi connectivity index (χ0n) is 9.27. The Hall–Kier alpha value is -2.09. The Bertz CT molecular complexity index is 422. The maximum atomic E-state index is 11.2. The highest BCUT2D eigenvalue weighted by molar-refractivity contribution is 5.83. The number of nitrogens with zero attached hydrogens (tertiary/aromatic N) is 2. The van der Waals surface area contributed by atoms with Crippen LogP contribution in [0.25, 0.3) is 0 Å². The van der Waals surface area contributed by atoms with Gasteiger partial charge in [-0.2, -0.15) is 5.26 Å². The van der Waals surface area contributed by atoms with Gasteiger partial charge in [0.1, 0.15) is 17.9 Å². The number of nitrogens with two attached hydrogens (primary N) is 1. The largest absolute Gasteiger partial charge is 0.368 e. The fourth-order valence-electron chi connectivity index (χ4n) is 1.32. The van der Waals surface area contributed by atoms with Crippen LogP contribution >= 0.6 is 0 Å². The summed E-state index contributed by atoms with van der Waals surface area (Å²) in [5.41, 5.74) is 5.66. The minimum Gasteiger partial charge on any atom is -0.368 e. The molecule has 1 aromatic heterocycles. The van der Waals surface area contributed by atoms with Gasteiger partial charge in [0.15, 0.2) is 0 Å². The molecule has 5 nitrogen and oxygen atoms in total. The summed E-state index contributed by atoms with van der Waals surface area (Å²) >= 11 is 0. The molecule has 1 amide bonds. The minimum absolute atomic E-state index is 0.0334. The van der Waals surface area contributed by atoms with E-state index in [1.807, 2.05) is 19.9 Å². The Morgan fingerprint density at radius 3 is 2.81 bits per heavy atom. The van der Waals surface area contributed by atoms with E-state index in [0.29, 0.717) is 11.4 Å². The normalized spacial score (nSPS) is 11.9. The van der Waals surface area contributed by atoms with Crippen LogP contribution in [0.15, 0.2) is 18.3 Å². The first-order chi connectivity index (χ1) is 7.56. The molecule has 0 saturated heterocycles. The zero-order valence-corrected chi connectivity index (χ0v) is 9.27. The molecule has 84 valence electrons. The number of nitrogens with one attached hydrogen (secondary N) is 1. The van der Waals surface area contributed by atoms with Crippen molar-refractivity contribution in [3.05, 3.63) is 23.9 Å². The molecule has 3 N–H and O–H groups in total. The lowest BCUT2D eigenvalue weighted by atomic mass is 10.0. The molecule has 0 unspecified atom stereocenters. The summed E-state index contributed by atoms with van der Waals surface area (Å²) in [7, 11) is 0. The number of nitriles is 1. The van der Waals surface area contributed by atoms with Crippen molar-refractivity contribution in [2.45, 2.75) is 19.9 Å². The number of aromatic nitrogens is 1. The second-order valence-electron chi connectivity index (χ2n) is 3.78. The van der Waals surface area contributed by atoms with Crippen LogP contribution in [0.3, 0.4) is 0 Å². The lowest BCUT2D eigenvalue weighted by molar-refractivity contribution is -0.119.